The summed E-state index contributed by atoms with van der Waals surface area (Å²) in [6, 6.07) is 10.7. The first kappa shape index (κ1) is 10.3. The highest BCUT2D eigenvalue weighted by Gasteiger charge is 2.06. The summed E-state index contributed by atoms with van der Waals surface area (Å²) in [6.45, 7) is 6.55. The van der Waals surface area contributed by atoms with E-state index in [-0.39, 0.29) is 0 Å². The van der Waals surface area contributed by atoms with Crippen LogP contribution in [0.15, 0.2) is 30.3 Å². The second-order valence-corrected chi connectivity index (χ2v) is 3.32. The SMILES string of the molecule is CCNC[C@@H](CC)c1ccccc1. The van der Waals surface area contributed by atoms with Crippen LogP contribution < -0.4 is 5.32 Å². The van der Waals surface area contributed by atoms with Crippen molar-refractivity contribution >= 4 is 0 Å². The Bertz CT molecular complexity index is 218. The lowest BCUT2D eigenvalue weighted by molar-refractivity contribution is 0.584. The summed E-state index contributed by atoms with van der Waals surface area (Å²) in [4.78, 5) is 0. The summed E-state index contributed by atoms with van der Waals surface area (Å²) >= 11 is 0. The topological polar surface area (TPSA) is 12.0 Å². The molecule has 0 unspecified atom stereocenters. The predicted molar refractivity (Wildman–Crippen MR) is 58.0 cm³/mol. The summed E-state index contributed by atoms with van der Waals surface area (Å²) in [5.41, 5.74) is 1.45. The Kier molecular flexibility index (Phi) is 4.55. The monoisotopic (exact) mass is 177 g/mol. The van der Waals surface area contributed by atoms with E-state index in [1.807, 2.05) is 0 Å². The highest BCUT2D eigenvalue weighted by atomic mass is 14.8. The average molecular weight is 177 g/mol. The molecule has 0 aliphatic carbocycles. The summed E-state index contributed by atoms with van der Waals surface area (Å²) in [5, 5.41) is 3.40. The molecule has 0 amide bonds. The molecule has 1 rings (SSSR count). The molecule has 1 aromatic rings. The second kappa shape index (κ2) is 5.76. The zero-order valence-electron chi connectivity index (χ0n) is 8.59. The quantitative estimate of drug-likeness (QED) is 0.729. The number of nitrogens with one attached hydrogen (secondary N) is 1. The minimum atomic E-state index is 0.668. The molecule has 1 aromatic carbocycles. The number of hydrogen-bond acceptors (Lipinski definition) is 1. The molecule has 1 atom stereocenters. The van der Waals surface area contributed by atoms with E-state index in [0.717, 1.165) is 13.1 Å². The molecule has 13 heavy (non-hydrogen) atoms. The lowest BCUT2D eigenvalue weighted by Crippen LogP contribution is -2.20. The Morgan fingerprint density at radius 2 is 1.85 bits per heavy atom. The van der Waals surface area contributed by atoms with Gasteiger partial charge in [-0.15, -0.1) is 0 Å². The normalized spacial score (nSPS) is 12.8. The fourth-order valence-electron chi connectivity index (χ4n) is 1.54. The first-order valence-electron chi connectivity index (χ1n) is 5.14. The van der Waals surface area contributed by atoms with E-state index in [9.17, 15) is 0 Å². The van der Waals surface area contributed by atoms with E-state index >= 15 is 0 Å². The molecule has 0 aliphatic heterocycles. The van der Waals surface area contributed by atoms with Gasteiger partial charge in [-0.2, -0.15) is 0 Å². The first-order valence-corrected chi connectivity index (χ1v) is 5.14. The average Bonchev–Trinajstić information content (AvgIpc) is 2.21. The third kappa shape index (κ3) is 3.19. The smallest absolute Gasteiger partial charge is 0.00199 e. The fraction of sp³-hybridized carbons (Fsp3) is 0.500. The lowest BCUT2D eigenvalue weighted by atomic mass is 9.97. The zero-order valence-corrected chi connectivity index (χ0v) is 8.59. The third-order valence-electron chi connectivity index (χ3n) is 2.40. The summed E-state index contributed by atoms with van der Waals surface area (Å²) in [6.07, 6.45) is 1.21. The number of benzene rings is 1. The van der Waals surface area contributed by atoms with Crippen LogP contribution in [0.2, 0.25) is 0 Å². The van der Waals surface area contributed by atoms with Crippen LogP contribution in [0.4, 0.5) is 0 Å². The molecular formula is C12H19N. The Balaban J connectivity index is 2.56. The highest BCUT2D eigenvalue weighted by molar-refractivity contribution is 5.19. The minimum absolute atomic E-state index is 0.668. The molecule has 0 heterocycles. The van der Waals surface area contributed by atoms with Crippen LogP contribution in [-0.2, 0) is 0 Å². The number of likely N-dealkylation sites (N-methyl/N-ethyl adjacent to an activating group) is 1. The first-order chi connectivity index (χ1) is 6.38. The standard InChI is InChI=1S/C12H19N/c1-3-11(10-13-4-2)12-8-6-5-7-9-12/h5-9,11,13H,3-4,10H2,1-2H3/t11-/m1/s1. The molecule has 0 bridgehead atoms. The van der Waals surface area contributed by atoms with Gasteiger partial charge in [0.05, 0.1) is 0 Å². The van der Waals surface area contributed by atoms with Gasteiger partial charge < -0.3 is 5.32 Å². The van der Waals surface area contributed by atoms with Crippen LogP contribution in [-0.4, -0.2) is 13.1 Å². The molecule has 0 aliphatic rings. The van der Waals surface area contributed by atoms with Gasteiger partial charge in [0, 0.05) is 6.54 Å². The van der Waals surface area contributed by atoms with Gasteiger partial charge >= 0.3 is 0 Å². The van der Waals surface area contributed by atoms with Crippen LogP contribution in [0.3, 0.4) is 0 Å². The van der Waals surface area contributed by atoms with E-state index in [4.69, 9.17) is 0 Å². The van der Waals surface area contributed by atoms with Crippen molar-refractivity contribution in [3.05, 3.63) is 35.9 Å². The van der Waals surface area contributed by atoms with Gasteiger partial charge in [0.15, 0.2) is 0 Å². The maximum Gasteiger partial charge on any atom is 0.00199 e. The Hall–Kier alpha value is -0.820. The molecule has 0 saturated heterocycles. The third-order valence-corrected chi connectivity index (χ3v) is 2.40. The molecule has 0 aromatic heterocycles. The van der Waals surface area contributed by atoms with Crippen molar-refractivity contribution in [2.75, 3.05) is 13.1 Å². The predicted octanol–water partition coefficient (Wildman–Crippen LogP) is 2.79. The van der Waals surface area contributed by atoms with Crippen LogP contribution in [0.25, 0.3) is 0 Å². The molecule has 0 radical (unpaired) electrons. The Morgan fingerprint density at radius 3 is 2.38 bits per heavy atom. The number of hydrogen-bond donors (Lipinski definition) is 1. The lowest BCUT2D eigenvalue weighted by Gasteiger charge is -2.15. The van der Waals surface area contributed by atoms with Crippen molar-refractivity contribution in [1.29, 1.82) is 0 Å². The number of rotatable bonds is 5. The van der Waals surface area contributed by atoms with Crippen LogP contribution in [0, 0.1) is 0 Å². The minimum Gasteiger partial charge on any atom is -0.316 e. The Morgan fingerprint density at radius 1 is 1.15 bits per heavy atom. The van der Waals surface area contributed by atoms with Crippen molar-refractivity contribution in [2.45, 2.75) is 26.2 Å². The van der Waals surface area contributed by atoms with E-state index in [2.05, 4.69) is 49.5 Å². The maximum absolute atomic E-state index is 3.40. The van der Waals surface area contributed by atoms with Crippen molar-refractivity contribution in [2.24, 2.45) is 0 Å². The zero-order chi connectivity index (χ0) is 9.52. The van der Waals surface area contributed by atoms with Crippen molar-refractivity contribution in [1.82, 2.24) is 5.32 Å². The molecule has 0 saturated carbocycles. The van der Waals surface area contributed by atoms with E-state index in [1.165, 1.54) is 12.0 Å². The highest BCUT2D eigenvalue weighted by Crippen LogP contribution is 2.17. The molecule has 0 fully saturated rings. The van der Waals surface area contributed by atoms with Gasteiger partial charge in [-0.05, 0) is 24.4 Å². The Labute approximate surface area is 81.2 Å². The molecule has 72 valence electrons. The second-order valence-electron chi connectivity index (χ2n) is 3.32. The van der Waals surface area contributed by atoms with Gasteiger partial charge in [-0.3, -0.25) is 0 Å². The molecule has 1 N–H and O–H groups in total. The van der Waals surface area contributed by atoms with Crippen LogP contribution in [0.1, 0.15) is 31.7 Å². The van der Waals surface area contributed by atoms with Gasteiger partial charge in [0.1, 0.15) is 0 Å². The van der Waals surface area contributed by atoms with E-state index < -0.39 is 0 Å². The van der Waals surface area contributed by atoms with Crippen LogP contribution >= 0.6 is 0 Å². The van der Waals surface area contributed by atoms with Gasteiger partial charge in [0.25, 0.3) is 0 Å². The molecule has 1 nitrogen and oxygen atoms in total. The summed E-state index contributed by atoms with van der Waals surface area (Å²) < 4.78 is 0. The summed E-state index contributed by atoms with van der Waals surface area (Å²) in [7, 11) is 0. The van der Waals surface area contributed by atoms with Gasteiger partial charge in [-0.25, -0.2) is 0 Å². The van der Waals surface area contributed by atoms with Gasteiger partial charge in [0.2, 0.25) is 0 Å². The van der Waals surface area contributed by atoms with Crippen molar-refractivity contribution < 1.29 is 0 Å². The van der Waals surface area contributed by atoms with Crippen molar-refractivity contribution in [3.8, 4) is 0 Å². The summed E-state index contributed by atoms with van der Waals surface area (Å²) in [5.74, 6) is 0.668. The van der Waals surface area contributed by atoms with Crippen molar-refractivity contribution in [3.63, 3.8) is 0 Å². The largest absolute Gasteiger partial charge is 0.316 e. The fourth-order valence-corrected chi connectivity index (χ4v) is 1.54. The van der Waals surface area contributed by atoms with E-state index in [1.54, 1.807) is 0 Å². The van der Waals surface area contributed by atoms with Crippen LogP contribution in [0.5, 0.6) is 0 Å². The molecular weight excluding hydrogens is 158 g/mol. The maximum atomic E-state index is 3.40. The molecule has 1 heteroatoms. The molecule has 0 spiro atoms. The van der Waals surface area contributed by atoms with Gasteiger partial charge in [-0.1, -0.05) is 44.2 Å². The van der Waals surface area contributed by atoms with E-state index in [0.29, 0.717) is 5.92 Å².